The smallest absolute Gasteiger partial charge is 0.252 e. The van der Waals surface area contributed by atoms with Crippen molar-refractivity contribution in [2.75, 3.05) is 0 Å². The second kappa shape index (κ2) is 7.61. The van der Waals surface area contributed by atoms with Crippen LogP contribution in [0.1, 0.15) is 34.5 Å². The van der Waals surface area contributed by atoms with Crippen molar-refractivity contribution < 1.29 is 4.79 Å². The van der Waals surface area contributed by atoms with E-state index in [0.29, 0.717) is 5.56 Å². The summed E-state index contributed by atoms with van der Waals surface area (Å²) in [5, 5.41) is 3.85. The van der Waals surface area contributed by atoms with E-state index in [1.165, 1.54) is 5.56 Å². The normalized spacial score (nSPS) is 11.9. The number of aromatic nitrogens is 2. The van der Waals surface area contributed by atoms with Gasteiger partial charge in [-0.25, -0.2) is 4.98 Å². The molecule has 0 spiro atoms. The summed E-state index contributed by atoms with van der Waals surface area (Å²) in [6.07, 6.45) is 3.39. The maximum atomic E-state index is 13.1. The molecule has 0 fully saturated rings. The Morgan fingerprint density at radius 1 is 1.00 bits per heavy atom. The lowest BCUT2D eigenvalue weighted by molar-refractivity contribution is 0.0941. The topological polar surface area (TPSA) is 54.9 Å². The molecule has 0 aliphatic carbocycles. The monoisotopic (exact) mass is 367 g/mol. The lowest BCUT2D eigenvalue weighted by Gasteiger charge is -2.16. The van der Waals surface area contributed by atoms with Crippen LogP contribution in [0.15, 0.2) is 79.1 Å². The van der Waals surface area contributed by atoms with Crippen molar-refractivity contribution in [3.63, 3.8) is 0 Å². The van der Waals surface area contributed by atoms with Crippen molar-refractivity contribution in [3.8, 4) is 11.3 Å². The van der Waals surface area contributed by atoms with Crippen LogP contribution in [0, 0.1) is 6.92 Å². The number of pyridine rings is 2. The maximum absolute atomic E-state index is 13.1. The van der Waals surface area contributed by atoms with Gasteiger partial charge in [-0.2, -0.15) is 0 Å². The van der Waals surface area contributed by atoms with E-state index in [0.717, 1.165) is 27.7 Å². The molecule has 4 rings (SSSR count). The molecule has 0 saturated heterocycles. The Bertz CT molecular complexity index is 1120. The average Bonchev–Trinajstić information content (AvgIpc) is 2.74. The van der Waals surface area contributed by atoms with Crippen molar-refractivity contribution in [1.29, 1.82) is 0 Å². The first-order valence-electron chi connectivity index (χ1n) is 9.29. The molecule has 0 bridgehead atoms. The Kier molecular flexibility index (Phi) is 4.85. The molecule has 28 heavy (non-hydrogen) atoms. The van der Waals surface area contributed by atoms with Crippen LogP contribution in [-0.2, 0) is 0 Å². The first kappa shape index (κ1) is 17.9. The molecule has 0 aliphatic heterocycles. The van der Waals surface area contributed by atoms with Crippen LogP contribution in [0.5, 0.6) is 0 Å². The quantitative estimate of drug-likeness (QED) is 0.546. The summed E-state index contributed by atoms with van der Waals surface area (Å²) in [5.41, 5.74) is 5.34. The first-order chi connectivity index (χ1) is 13.6. The van der Waals surface area contributed by atoms with E-state index in [9.17, 15) is 4.79 Å². The average molecular weight is 367 g/mol. The number of rotatable bonds is 4. The Balaban J connectivity index is 1.72. The van der Waals surface area contributed by atoms with Gasteiger partial charge >= 0.3 is 0 Å². The van der Waals surface area contributed by atoms with Gasteiger partial charge < -0.3 is 5.32 Å². The summed E-state index contributed by atoms with van der Waals surface area (Å²) < 4.78 is 0. The van der Waals surface area contributed by atoms with E-state index >= 15 is 0 Å². The SMILES string of the molecule is Cc1ccc(C(C)NC(=O)c2cc(-c3ccccc3)nc3ccncc23)cc1. The Morgan fingerprint density at radius 2 is 1.75 bits per heavy atom. The van der Waals surface area contributed by atoms with Gasteiger partial charge in [-0.1, -0.05) is 60.2 Å². The van der Waals surface area contributed by atoms with E-state index in [1.807, 2.05) is 68.4 Å². The van der Waals surface area contributed by atoms with E-state index in [-0.39, 0.29) is 11.9 Å². The molecule has 4 aromatic rings. The molecule has 1 unspecified atom stereocenters. The van der Waals surface area contributed by atoms with E-state index in [4.69, 9.17) is 4.98 Å². The fourth-order valence-corrected chi connectivity index (χ4v) is 3.23. The van der Waals surface area contributed by atoms with Crippen molar-refractivity contribution in [2.24, 2.45) is 0 Å². The zero-order chi connectivity index (χ0) is 19.5. The number of carbonyl (C=O) groups is 1. The van der Waals surface area contributed by atoms with Gasteiger partial charge in [-0.05, 0) is 31.5 Å². The number of hydrogen-bond acceptors (Lipinski definition) is 3. The lowest BCUT2D eigenvalue weighted by Crippen LogP contribution is -2.27. The Hall–Kier alpha value is -3.53. The van der Waals surface area contributed by atoms with Gasteiger partial charge in [-0.15, -0.1) is 0 Å². The molecule has 4 nitrogen and oxygen atoms in total. The zero-order valence-corrected chi connectivity index (χ0v) is 15.9. The molecular formula is C24H21N3O. The fraction of sp³-hybridized carbons (Fsp3) is 0.125. The largest absolute Gasteiger partial charge is 0.345 e. The van der Waals surface area contributed by atoms with Crippen LogP contribution in [0.4, 0.5) is 0 Å². The molecular weight excluding hydrogens is 346 g/mol. The molecule has 1 N–H and O–H groups in total. The second-order valence-corrected chi connectivity index (χ2v) is 6.92. The minimum absolute atomic E-state index is 0.104. The van der Waals surface area contributed by atoms with Gasteiger partial charge in [0, 0.05) is 23.3 Å². The molecule has 4 heteroatoms. The number of hydrogen-bond donors (Lipinski definition) is 1. The fourth-order valence-electron chi connectivity index (χ4n) is 3.23. The third kappa shape index (κ3) is 3.62. The highest BCUT2D eigenvalue weighted by Crippen LogP contribution is 2.25. The lowest BCUT2D eigenvalue weighted by atomic mass is 10.0. The number of aryl methyl sites for hydroxylation is 1. The van der Waals surface area contributed by atoms with Gasteiger partial charge in [0.2, 0.25) is 0 Å². The summed E-state index contributed by atoms with van der Waals surface area (Å²) in [6, 6.07) is 21.6. The molecule has 0 radical (unpaired) electrons. The molecule has 1 atom stereocenters. The van der Waals surface area contributed by atoms with Gasteiger partial charge in [0.1, 0.15) is 0 Å². The first-order valence-corrected chi connectivity index (χ1v) is 9.29. The molecule has 2 aromatic carbocycles. The molecule has 1 amide bonds. The van der Waals surface area contributed by atoms with Gasteiger partial charge in [-0.3, -0.25) is 9.78 Å². The summed E-state index contributed by atoms with van der Waals surface area (Å²) in [7, 11) is 0. The van der Waals surface area contributed by atoms with E-state index in [1.54, 1.807) is 12.4 Å². The number of nitrogens with one attached hydrogen (secondary N) is 1. The minimum atomic E-state index is -0.134. The second-order valence-electron chi connectivity index (χ2n) is 6.92. The predicted molar refractivity (Wildman–Crippen MR) is 112 cm³/mol. The van der Waals surface area contributed by atoms with Gasteiger partial charge in [0.25, 0.3) is 5.91 Å². The number of nitrogens with zero attached hydrogens (tertiary/aromatic N) is 2. The third-order valence-electron chi connectivity index (χ3n) is 4.85. The highest BCUT2D eigenvalue weighted by molar-refractivity contribution is 6.07. The van der Waals surface area contributed by atoms with Crippen LogP contribution < -0.4 is 5.32 Å². The zero-order valence-electron chi connectivity index (χ0n) is 15.9. The van der Waals surface area contributed by atoms with Crippen molar-refractivity contribution in [3.05, 3.63) is 95.8 Å². The standard InChI is InChI=1S/C24H21N3O/c1-16-8-10-18(11-9-16)17(2)26-24(28)20-14-23(19-6-4-3-5-7-19)27-22-12-13-25-15-21(20)22/h3-15,17H,1-2H3,(H,26,28). The van der Waals surface area contributed by atoms with Crippen LogP contribution in [-0.4, -0.2) is 15.9 Å². The third-order valence-corrected chi connectivity index (χ3v) is 4.85. The minimum Gasteiger partial charge on any atom is -0.345 e. The Morgan fingerprint density at radius 3 is 2.50 bits per heavy atom. The van der Waals surface area contributed by atoms with Gasteiger partial charge in [0.05, 0.1) is 22.8 Å². The highest BCUT2D eigenvalue weighted by Gasteiger charge is 2.16. The highest BCUT2D eigenvalue weighted by atomic mass is 16.1. The van der Waals surface area contributed by atoms with Crippen LogP contribution in [0.2, 0.25) is 0 Å². The van der Waals surface area contributed by atoms with Crippen LogP contribution >= 0.6 is 0 Å². The number of amides is 1. The van der Waals surface area contributed by atoms with Crippen molar-refractivity contribution in [1.82, 2.24) is 15.3 Å². The predicted octanol–water partition coefficient (Wildman–Crippen LogP) is 5.10. The number of benzene rings is 2. The summed E-state index contributed by atoms with van der Waals surface area (Å²) in [6.45, 7) is 4.04. The van der Waals surface area contributed by atoms with Crippen LogP contribution in [0.3, 0.4) is 0 Å². The molecule has 2 aromatic heterocycles. The van der Waals surface area contributed by atoms with E-state index < -0.39 is 0 Å². The molecule has 2 heterocycles. The summed E-state index contributed by atoms with van der Waals surface area (Å²) >= 11 is 0. The Labute approximate surface area is 164 Å². The molecule has 138 valence electrons. The summed E-state index contributed by atoms with van der Waals surface area (Å²) in [5.74, 6) is -0.134. The van der Waals surface area contributed by atoms with Gasteiger partial charge in [0.15, 0.2) is 0 Å². The van der Waals surface area contributed by atoms with Crippen molar-refractivity contribution >= 4 is 16.8 Å². The number of fused-ring (bicyclic) bond motifs is 1. The summed E-state index contributed by atoms with van der Waals surface area (Å²) in [4.78, 5) is 22.0. The van der Waals surface area contributed by atoms with Crippen LogP contribution in [0.25, 0.3) is 22.2 Å². The molecule has 0 saturated carbocycles. The van der Waals surface area contributed by atoms with E-state index in [2.05, 4.69) is 22.4 Å². The van der Waals surface area contributed by atoms with Crippen molar-refractivity contribution in [2.45, 2.75) is 19.9 Å². The molecule has 0 aliphatic rings. The maximum Gasteiger partial charge on any atom is 0.252 e. The number of carbonyl (C=O) groups excluding carboxylic acids is 1.